The van der Waals surface area contributed by atoms with E-state index in [1.165, 1.54) is 0 Å². The van der Waals surface area contributed by atoms with Crippen molar-refractivity contribution in [3.05, 3.63) is 18.0 Å². The summed E-state index contributed by atoms with van der Waals surface area (Å²) in [7, 11) is 3.65. The summed E-state index contributed by atoms with van der Waals surface area (Å²) in [5.74, 6) is 1.62. The Morgan fingerprint density at radius 1 is 1.30 bits per heavy atom. The summed E-state index contributed by atoms with van der Waals surface area (Å²) in [6, 6.07) is 0. The van der Waals surface area contributed by atoms with Crippen LogP contribution in [0.2, 0.25) is 0 Å². The van der Waals surface area contributed by atoms with Crippen LogP contribution in [0.1, 0.15) is 12.0 Å². The van der Waals surface area contributed by atoms with Crippen LogP contribution in [0.5, 0.6) is 0 Å². The molecule has 0 saturated carbocycles. The second kappa shape index (κ2) is 7.75. The zero-order chi connectivity index (χ0) is 14.2. The van der Waals surface area contributed by atoms with Crippen LogP contribution >= 0.6 is 11.8 Å². The number of nitrogens with zero attached hydrogens (tertiary/aromatic N) is 6. The van der Waals surface area contributed by atoms with Crippen LogP contribution in [0.15, 0.2) is 17.6 Å². The van der Waals surface area contributed by atoms with Gasteiger partial charge in [0.1, 0.15) is 0 Å². The van der Waals surface area contributed by atoms with Gasteiger partial charge in [0, 0.05) is 44.4 Å². The van der Waals surface area contributed by atoms with Crippen LogP contribution in [-0.4, -0.2) is 49.5 Å². The van der Waals surface area contributed by atoms with E-state index in [4.69, 9.17) is 0 Å². The number of rotatable bonds is 8. The molecule has 9 heteroatoms. The largest absolute Gasteiger partial charge is 0.357 e. The summed E-state index contributed by atoms with van der Waals surface area (Å²) in [6.45, 7) is 1.71. The van der Waals surface area contributed by atoms with Crippen molar-refractivity contribution in [3.8, 4) is 0 Å². The number of aromatic nitrogens is 6. The van der Waals surface area contributed by atoms with Crippen molar-refractivity contribution in [2.75, 3.05) is 24.7 Å². The second-order valence-corrected chi connectivity index (χ2v) is 5.19. The van der Waals surface area contributed by atoms with Gasteiger partial charge in [0.2, 0.25) is 11.1 Å². The molecule has 108 valence electrons. The van der Waals surface area contributed by atoms with Crippen LogP contribution in [-0.2, 0) is 13.6 Å². The van der Waals surface area contributed by atoms with Gasteiger partial charge in [0.25, 0.3) is 0 Å². The van der Waals surface area contributed by atoms with Gasteiger partial charge in [-0.15, -0.1) is 5.10 Å². The molecule has 2 rings (SSSR count). The Bertz CT molecular complexity index is 511. The van der Waals surface area contributed by atoms with Crippen LogP contribution in [0.4, 0.5) is 5.95 Å². The van der Waals surface area contributed by atoms with Crippen LogP contribution in [0.3, 0.4) is 0 Å². The molecule has 2 N–H and O–H groups in total. The van der Waals surface area contributed by atoms with Gasteiger partial charge in [-0.05, 0) is 23.4 Å². The lowest BCUT2D eigenvalue weighted by atomic mass is 10.3. The third-order valence-electron chi connectivity index (χ3n) is 2.57. The third kappa shape index (κ3) is 4.42. The van der Waals surface area contributed by atoms with E-state index in [-0.39, 0.29) is 0 Å². The molecule has 0 saturated heterocycles. The molecule has 0 aromatic carbocycles. The van der Waals surface area contributed by atoms with Crippen LogP contribution in [0.25, 0.3) is 0 Å². The Balaban J connectivity index is 1.58. The first-order valence-corrected chi connectivity index (χ1v) is 7.32. The smallest absolute Gasteiger partial charge is 0.222 e. The van der Waals surface area contributed by atoms with E-state index in [0.717, 1.165) is 36.0 Å². The van der Waals surface area contributed by atoms with Crippen molar-refractivity contribution in [3.63, 3.8) is 0 Å². The minimum absolute atomic E-state index is 0.641. The van der Waals surface area contributed by atoms with Crippen molar-refractivity contribution in [2.45, 2.75) is 18.1 Å². The quantitative estimate of drug-likeness (QED) is 0.531. The van der Waals surface area contributed by atoms with E-state index in [1.807, 2.05) is 19.4 Å². The Morgan fingerprint density at radius 3 is 2.75 bits per heavy atom. The molecule has 0 aliphatic carbocycles. The summed E-state index contributed by atoms with van der Waals surface area (Å²) < 4.78 is 1.68. The summed E-state index contributed by atoms with van der Waals surface area (Å²) >= 11 is 1.66. The fourth-order valence-corrected chi connectivity index (χ4v) is 2.30. The standard InChI is InChI=1S/C11H18N8S/c1-12-10-14-7-9(8-15-10)6-13-4-3-5-20-11-16-17-18-19(11)2/h7-8,13H,3-6H2,1-2H3,(H,12,14,15). The lowest BCUT2D eigenvalue weighted by Crippen LogP contribution is -2.15. The van der Waals surface area contributed by atoms with E-state index in [9.17, 15) is 0 Å². The minimum atomic E-state index is 0.641. The Hall–Kier alpha value is -1.74. The average Bonchev–Trinajstić information content (AvgIpc) is 2.89. The maximum absolute atomic E-state index is 4.16. The summed E-state index contributed by atoms with van der Waals surface area (Å²) in [5, 5.41) is 18.4. The molecule has 0 unspecified atom stereocenters. The molecule has 0 atom stereocenters. The van der Waals surface area contributed by atoms with Crippen molar-refractivity contribution in [2.24, 2.45) is 7.05 Å². The van der Waals surface area contributed by atoms with Gasteiger partial charge in [-0.25, -0.2) is 14.6 Å². The maximum atomic E-state index is 4.16. The highest BCUT2D eigenvalue weighted by molar-refractivity contribution is 7.99. The minimum Gasteiger partial charge on any atom is -0.357 e. The molecule has 2 aromatic rings. The predicted octanol–water partition coefficient (Wildman–Crippen LogP) is 0.314. The molecule has 0 aliphatic rings. The number of anilines is 1. The zero-order valence-corrected chi connectivity index (χ0v) is 12.4. The number of hydrogen-bond donors (Lipinski definition) is 2. The monoisotopic (exact) mass is 294 g/mol. The van der Waals surface area contributed by atoms with Gasteiger partial charge in [-0.3, -0.25) is 0 Å². The fraction of sp³-hybridized carbons (Fsp3) is 0.545. The molecule has 2 heterocycles. The molecule has 0 amide bonds. The lowest BCUT2D eigenvalue weighted by Gasteiger charge is -2.05. The SMILES string of the molecule is CNc1ncc(CNCCCSc2nnnn2C)cn1. The molecular formula is C11H18N8S. The highest BCUT2D eigenvalue weighted by Gasteiger charge is 2.01. The molecule has 0 fully saturated rings. The molecule has 0 aliphatic heterocycles. The molecule has 0 spiro atoms. The van der Waals surface area contributed by atoms with Gasteiger partial charge in [0.15, 0.2) is 0 Å². The zero-order valence-electron chi connectivity index (χ0n) is 11.6. The second-order valence-electron chi connectivity index (χ2n) is 4.13. The first-order valence-electron chi connectivity index (χ1n) is 6.34. The van der Waals surface area contributed by atoms with E-state index < -0.39 is 0 Å². The van der Waals surface area contributed by atoms with Gasteiger partial charge < -0.3 is 10.6 Å². The lowest BCUT2D eigenvalue weighted by molar-refractivity contribution is 0.660. The molecule has 20 heavy (non-hydrogen) atoms. The molecular weight excluding hydrogens is 276 g/mol. The number of tetrazole rings is 1. The van der Waals surface area contributed by atoms with E-state index in [0.29, 0.717) is 5.95 Å². The van der Waals surface area contributed by atoms with E-state index in [2.05, 4.69) is 36.1 Å². The Morgan fingerprint density at radius 2 is 2.10 bits per heavy atom. The van der Waals surface area contributed by atoms with Crippen molar-refractivity contribution >= 4 is 17.7 Å². The number of aryl methyl sites for hydroxylation is 1. The summed E-state index contributed by atoms with van der Waals surface area (Å²) in [5.41, 5.74) is 1.08. The molecule has 2 aromatic heterocycles. The average molecular weight is 294 g/mol. The maximum Gasteiger partial charge on any atom is 0.222 e. The highest BCUT2D eigenvalue weighted by atomic mass is 32.2. The van der Waals surface area contributed by atoms with Gasteiger partial charge in [-0.2, -0.15) is 0 Å². The molecule has 0 radical (unpaired) electrons. The molecule has 0 bridgehead atoms. The number of thioether (sulfide) groups is 1. The summed E-state index contributed by atoms with van der Waals surface area (Å²) in [6.07, 6.45) is 4.70. The number of hydrogen-bond acceptors (Lipinski definition) is 8. The van der Waals surface area contributed by atoms with Gasteiger partial charge >= 0.3 is 0 Å². The van der Waals surface area contributed by atoms with Gasteiger partial charge in [-0.1, -0.05) is 11.8 Å². The van der Waals surface area contributed by atoms with Crippen molar-refractivity contribution in [1.29, 1.82) is 0 Å². The predicted molar refractivity (Wildman–Crippen MR) is 77.4 cm³/mol. The van der Waals surface area contributed by atoms with Crippen molar-refractivity contribution < 1.29 is 0 Å². The number of nitrogens with one attached hydrogen (secondary N) is 2. The Labute approximate surface area is 121 Å². The Kier molecular flexibility index (Phi) is 5.69. The van der Waals surface area contributed by atoms with Crippen LogP contribution < -0.4 is 10.6 Å². The topological polar surface area (TPSA) is 93.4 Å². The normalized spacial score (nSPS) is 10.7. The van der Waals surface area contributed by atoms with E-state index >= 15 is 0 Å². The third-order valence-corrected chi connectivity index (χ3v) is 3.67. The molecule has 8 nitrogen and oxygen atoms in total. The summed E-state index contributed by atoms with van der Waals surface area (Å²) in [4.78, 5) is 8.33. The first-order chi connectivity index (χ1) is 9.79. The first kappa shape index (κ1) is 14.7. The van der Waals surface area contributed by atoms with E-state index in [1.54, 1.807) is 23.5 Å². The van der Waals surface area contributed by atoms with Crippen LogP contribution in [0, 0.1) is 0 Å². The van der Waals surface area contributed by atoms with Gasteiger partial charge in [0.05, 0.1) is 0 Å². The van der Waals surface area contributed by atoms with Crippen molar-refractivity contribution in [1.82, 2.24) is 35.5 Å². The highest BCUT2D eigenvalue weighted by Crippen LogP contribution is 2.12. The fourth-order valence-electron chi connectivity index (χ4n) is 1.51.